The second kappa shape index (κ2) is 17.8. The lowest BCUT2D eigenvalue weighted by Gasteiger charge is -2.27. The summed E-state index contributed by atoms with van der Waals surface area (Å²) in [4.78, 5) is 59.4. The van der Waals surface area contributed by atoms with E-state index in [0.717, 1.165) is 33.5 Å². The second-order valence-electron chi connectivity index (χ2n) is 14.3. The van der Waals surface area contributed by atoms with E-state index in [1.54, 1.807) is 42.6 Å². The van der Waals surface area contributed by atoms with Crippen LogP contribution in [0.3, 0.4) is 0 Å². The number of sulfonamides is 1. The fourth-order valence-electron chi connectivity index (χ4n) is 7.33. The molecule has 4 aromatic carbocycles. The molecule has 2 aliphatic rings. The van der Waals surface area contributed by atoms with E-state index in [1.807, 2.05) is 18.2 Å². The van der Waals surface area contributed by atoms with Crippen molar-refractivity contribution in [1.82, 2.24) is 20.2 Å². The molecule has 0 aliphatic carbocycles. The molecule has 1 saturated heterocycles. The number of hydrogen-bond donors (Lipinski definition) is 3. The zero-order valence-corrected chi connectivity index (χ0v) is 34.7. The van der Waals surface area contributed by atoms with Crippen molar-refractivity contribution in [2.45, 2.75) is 23.8 Å². The lowest BCUT2D eigenvalue weighted by molar-refractivity contribution is -0.136. The van der Waals surface area contributed by atoms with Gasteiger partial charge in [0.25, 0.3) is 21.8 Å². The normalized spacial score (nSPS) is 15.0. The van der Waals surface area contributed by atoms with Gasteiger partial charge in [-0.1, -0.05) is 29.8 Å². The Morgan fingerprint density at radius 3 is 2.46 bits per heavy atom. The molecule has 0 spiro atoms. The molecular formula is C44H35ClF2N6O9S. The maximum absolute atomic E-state index is 14.4. The number of methoxy groups -OCH3 is 1. The summed E-state index contributed by atoms with van der Waals surface area (Å²) in [6.07, 6.45) is 3.25. The van der Waals surface area contributed by atoms with Crippen molar-refractivity contribution < 1.29 is 50.6 Å². The predicted octanol–water partition coefficient (Wildman–Crippen LogP) is 6.61. The average molecular weight is 897 g/mol. The van der Waals surface area contributed by atoms with Crippen molar-refractivity contribution in [3.63, 3.8) is 0 Å². The first-order valence-corrected chi connectivity index (χ1v) is 21.2. The van der Waals surface area contributed by atoms with Crippen LogP contribution in [-0.2, 0) is 24.3 Å². The second-order valence-corrected chi connectivity index (χ2v) is 16.3. The largest absolute Gasteiger partial charge is 0.490 e. The van der Waals surface area contributed by atoms with Gasteiger partial charge in [-0.05, 0) is 83.8 Å². The molecule has 19 heteroatoms. The minimum absolute atomic E-state index is 0.0278. The van der Waals surface area contributed by atoms with Crippen LogP contribution in [0.2, 0.25) is 5.02 Å². The smallest absolute Gasteiger partial charge is 0.264 e. The molecule has 3 N–H and O–H groups in total. The molecule has 1 atom stereocenters. The third kappa shape index (κ3) is 8.73. The van der Waals surface area contributed by atoms with Gasteiger partial charge in [0.15, 0.2) is 0 Å². The summed E-state index contributed by atoms with van der Waals surface area (Å²) in [6, 6.07) is 20.0. The number of nitrogens with one attached hydrogen (secondary N) is 3. The number of pyridine rings is 2. The molecule has 1 unspecified atom stereocenters. The van der Waals surface area contributed by atoms with Gasteiger partial charge in [0.2, 0.25) is 17.7 Å². The van der Waals surface area contributed by atoms with Gasteiger partial charge in [-0.2, -0.15) is 0 Å². The summed E-state index contributed by atoms with van der Waals surface area (Å²) < 4.78 is 73.4. The Balaban J connectivity index is 0.890. The number of rotatable bonds is 15. The number of hydrogen-bond acceptors (Lipinski definition) is 12. The molecule has 15 nitrogen and oxygen atoms in total. The lowest BCUT2D eigenvalue weighted by atomic mass is 9.98. The number of carbonyl (C=O) groups excluding carboxylic acids is 4. The van der Waals surface area contributed by atoms with Gasteiger partial charge in [-0.3, -0.25) is 39.1 Å². The van der Waals surface area contributed by atoms with Gasteiger partial charge in [-0.15, -0.1) is 0 Å². The number of nitrogens with zero attached hydrogens (tertiary/aromatic N) is 3. The van der Waals surface area contributed by atoms with Crippen LogP contribution < -0.4 is 24.8 Å². The number of aromatic nitrogens is 2. The first-order valence-electron chi connectivity index (χ1n) is 19.3. The molecule has 322 valence electrons. The van der Waals surface area contributed by atoms with Crippen LogP contribution in [0.1, 0.15) is 33.6 Å². The summed E-state index contributed by atoms with van der Waals surface area (Å²) in [5.74, 6) is -4.15. The summed E-state index contributed by atoms with van der Waals surface area (Å²) in [5, 5.41) is 6.40. The molecule has 0 saturated carbocycles. The van der Waals surface area contributed by atoms with Crippen LogP contribution >= 0.6 is 11.6 Å². The number of piperidine rings is 1. The number of ether oxygens (including phenoxy) is 3. The third-order valence-electron chi connectivity index (χ3n) is 10.3. The zero-order valence-electron chi connectivity index (χ0n) is 33.1. The third-order valence-corrected chi connectivity index (χ3v) is 12.0. The minimum Gasteiger partial charge on any atom is -0.490 e. The molecule has 0 radical (unpaired) electrons. The summed E-state index contributed by atoms with van der Waals surface area (Å²) in [7, 11) is -3.19. The first kappa shape index (κ1) is 42.7. The molecule has 63 heavy (non-hydrogen) atoms. The Bertz CT molecular complexity index is 2960. The number of amides is 4. The highest BCUT2D eigenvalue weighted by Crippen LogP contribution is 2.37. The maximum Gasteiger partial charge on any atom is 0.264 e. The standard InChI is InChI=1S/C44H35ClF2N6O9S/c1-60-42-35(52-63(58,59)38-11-7-27(46)22-32(38)47)21-26(23-50-42)24-5-8-33-30(19-24)28(13-14-48-33)25-6-10-37(31(45)20-25)62-18-17-61-16-15-49-34-4-2-3-29-40(34)44(57)53(43(29)56)36-9-12-39(54)51-41(36)55/h2-8,10-11,13-14,19-23,36,49,52H,9,12,15-18H2,1H3,(H,51,54,55). The number of anilines is 2. The SMILES string of the molecule is COc1ncc(-c2ccc3nccc(-c4ccc(OCCOCCNc5cccc6c5C(=O)N(C5CCC(=O)NC5=O)C6=O)c(Cl)c4)c3c2)cc1NS(=O)(=O)c1ccc(F)cc1F. The van der Waals surface area contributed by atoms with Crippen LogP contribution in [0.25, 0.3) is 33.2 Å². The van der Waals surface area contributed by atoms with Gasteiger partial charge < -0.3 is 19.5 Å². The predicted molar refractivity (Wildman–Crippen MR) is 227 cm³/mol. The molecule has 2 aromatic heterocycles. The Hall–Kier alpha value is -7.02. The molecule has 6 aromatic rings. The van der Waals surface area contributed by atoms with E-state index >= 15 is 0 Å². The van der Waals surface area contributed by atoms with Crippen molar-refractivity contribution in [3.8, 4) is 33.9 Å². The summed E-state index contributed by atoms with van der Waals surface area (Å²) in [5.41, 5.74) is 4.04. The van der Waals surface area contributed by atoms with E-state index in [1.165, 1.54) is 25.4 Å². The number of carbonyl (C=O) groups is 4. The highest BCUT2D eigenvalue weighted by molar-refractivity contribution is 7.92. The van der Waals surface area contributed by atoms with Crippen LogP contribution in [0.15, 0.2) is 102 Å². The van der Waals surface area contributed by atoms with E-state index in [0.29, 0.717) is 45.7 Å². The van der Waals surface area contributed by atoms with Crippen molar-refractivity contribution in [2.24, 2.45) is 0 Å². The highest BCUT2D eigenvalue weighted by atomic mass is 35.5. The molecule has 8 rings (SSSR count). The molecule has 0 bridgehead atoms. The fourth-order valence-corrected chi connectivity index (χ4v) is 8.68. The average Bonchev–Trinajstić information content (AvgIpc) is 3.51. The van der Waals surface area contributed by atoms with Crippen molar-refractivity contribution >= 4 is 67.5 Å². The summed E-state index contributed by atoms with van der Waals surface area (Å²) >= 11 is 6.69. The van der Waals surface area contributed by atoms with E-state index in [-0.39, 0.29) is 55.4 Å². The molecule has 1 fully saturated rings. The van der Waals surface area contributed by atoms with Crippen molar-refractivity contribution in [2.75, 3.05) is 43.5 Å². The molecule has 4 amide bonds. The van der Waals surface area contributed by atoms with E-state index < -0.39 is 56.2 Å². The Labute approximate surface area is 363 Å². The lowest BCUT2D eigenvalue weighted by Crippen LogP contribution is -2.54. The van der Waals surface area contributed by atoms with E-state index in [2.05, 4.69) is 25.3 Å². The van der Waals surface area contributed by atoms with E-state index in [9.17, 15) is 36.4 Å². The Morgan fingerprint density at radius 2 is 1.68 bits per heavy atom. The van der Waals surface area contributed by atoms with Gasteiger partial charge in [0, 0.05) is 48.1 Å². The molecular weight excluding hydrogens is 862 g/mol. The van der Waals surface area contributed by atoms with Gasteiger partial charge >= 0.3 is 0 Å². The number of imide groups is 2. The number of benzene rings is 4. The van der Waals surface area contributed by atoms with Gasteiger partial charge in [0.05, 0.1) is 42.0 Å². The van der Waals surface area contributed by atoms with Crippen LogP contribution in [0.4, 0.5) is 20.2 Å². The monoisotopic (exact) mass is 896 g/mol. The highest BCUT2D eigenvalue weighted by Gasteiger charge is 2.45. The maximum atomic E-state index is 14.4. The van der Waals surface area contributed by atoms with Crippen LogP contribution in [0.5, 0.6) is 11.6 Å². The fraction of sp³-hybridized carbons (Fsp3) is 0.182. The number of fused-ring (bicyclic) bond motifs is 2. The van der Waals surface area contributed by atoms with Crippen LogP contribution in [-0.4, -0.2) is 86.4 Å². The molecule has 2 aliphatic heterocycles. The topological polar surface area (TPSA) is 195 Å². The number of halogens is 3. The van der Waals surface area contributed by atoms with E-state index in [4.69, 9.17) is 25.8 Å². The van der Waals surface area contributed by atoms with Crippen molar-refractivity contribution in [3.05, 3.63) is 125 Å². The minimum atomic E-state index is -4.50. The first-order chi connectivity index (χ1) is 30.3. The van der Waals surface area contributed by atoms with Crippen molar-refractivity contribution in [1.29, 1.82) is 0 Å². The van der Waals surface area contributed by atoms with Gasteiger partial charge in [-0.25, -0.2) is 22.2 Å². The van der Waals surface area contributed by atoms with Crippen LogP contribution in [0, 0.1) is 11.6 Å². The quantitative estimate of drug-likeness (QED) is 0.0738. The zero-order chi connectivity index (χ0) is 44.4. The summed E-state index contributed by atoms with van der Waals surface area (Å²) in [6.45, 7) is 0.899. The van der Waals surface area contributed by atoms with Gasteiger partial charge in [0.1, 0.15) is 40.6 Å². The Morgan fingerprint density at radius 1 is 0.857 bits per heavy atom. The molecule has 4 heterocycles. The Kier molecular flexibility index (Phi) is 12.0.